The SMILES string of the molecule is C#CCCCOc1c(C)cc(CNC)cc1C. The van der Waals surface area contributed by atoms with E-state index in [1.807, 2.05) is 7.05 Å². The first kappa shape index (κ1) is 13.6. The second-order valence-electron chi connectivity index (χ2n) is 4.25. The summed E-state index contributed by atoms with van der Waals surface area (Å²) in [5.41, 5.74) is 3.67. The molecule has 0 saturated heterocycles. The van der Waals surface area contributed by atoms with Gasteiger partial charge in [0, 0.05) is 13.0 Å². The molecule has 0 unspecified atom stereocenters. The second-order valence-corrected chi connectivity index (χ2v) is 4.25. The predicted molar refractivity (Wildman–Crippen MR) is 72.2 cm³/mol. The number of nitrogens with one attached hydrogen (secondary N) is 1. The van der Waals surface area contributed by atoms with Crippen molar-refractivity contribution in [1.29, 1.82) is 0 Å². The van der Waals surface area contributed by atoms with E-state index in [-0.39, 0.29) is 0 Å². The van der Waals surface area contributed by atoms with Crippen LogP contribution in [0.2, 0.25) is 0 Å². The molecule has 0 aliphatic rings. The highest BCUT2D eigenvalue weighted by atomic mass is 16.5. The summed E-state index contributed by atoms with van der Waals surface area (Å²) in [6, 6.07) is 4.33. The van der Waals surface area contributed by atoms with E-state index in [1.165, 1.54) is 16.7 Å². The van der Waals surface area contributed by atoms with Gasteiger partial charge in [-0.25, -0.2) is 0 Å². The molecule has 1 aromatic rings. The van der Waals surface area contributed by atoms with E-state index in [4.69, 9.17) is 11.2 Å². The lowest BCUT2D eigenvalue weighted by Crippen LogP contribution is -2.07. The molecule has 1 rings (SSSR count). The third-order valence-electron chi connectivity index (χ3n) is 2.61. The molecule has 0 aliphatic carbocycles. The van der Waals surface area contributed by atoms with Crippen molar-refractivity contribution >= 4 is 0 Å². The zero-order valence-electron chi connectivity index (χ0n) is 11.0. The number of hydrogen-bond acceptors (Lipinski definition) is 2. The molecule has 0 fully saturated rings. The predicted octanol–water partition coefficient (Wildman–Crippen LogP) is 2.82. The Morgan fingerprint density at radius 1 is 1.29 bits per heavy atom. The first-order valence-corrected chi connectivity index (χ1v) is 6.00. The van der Waals surface area contributed by atoms with E-state index in [1.54, 1.807) is 0 Å². The standard InChI is InChI=1S/C15H21NO/c1-5-6-7-8-17-15-12(2)9-14(11-16-4)10-13(15)3/h1,9-10,16H,6-8,11H2,2-4H3. The molecule has 0 radical (unpaired) electrons. The van der Waals surface area contributed by atoms with Crippen molar-refractivity contribution < 1.29 is 4.74 Å². The highest BCUT2D eigenvalue weighted by Gasteiger charge is 2.05. The molecule has 0 heterocycles. The second kappa shape index (κ2) is 6.98. The average Bonchev–Trinajstić information content (AvgIpc) is 2.27. The highest BCUT2D eigenvalue weighted by Crippen LogP contribution is 2.25. The summed E-state index contributed by atoms with van der Waals surface area (Å²) in [4.78, 5) is 0. The van der Waals surface area contributed by atoms with Gasteiger partial charge in [0.25, 0.3) is 0 Å². The molecule has 0 aliphatic heterocycles. The van der Waals surface area contributed by atoms with Crippen LogP contribution in [0.5, 0.6) is 5.75 Å². The van der Waals surface area contributed by atoms with Gasteiger partial charge in [-0.1, -0.05) is 12.1 Å². The lowest BCUT2D eigenvalue weighted by Gasteiger charge is -2.13. The normalized spacial score (nSPS) is 10.0. The Hall–Kier alpha value is -1.46. The molecule has 1 N–H and O–H groups in total. The number of rotatable bonds is 6. The smallest absolute Gasteiger partial charge is 0.125 e. The molecule has 0 atom stereocenters. The van der Waals surface area contributed by atoms with Crippen LogP contribution in [-0.2, 0) is 6.54 Å². The maximum Gasteiger partial charge on any atom is 0.125 e. The van der Waals surface area contributed by atoms with Gasteiger partial charge in [-0.2, -0.15) is 0 Å². The van der Waals surface area contributed by atoms with Crippen molar-refractivity contribution in [3.8, 4) is 18.1 Å². The molecule has 0 bridgehead atoms. The van der Waals surface area contributed by atoms with Crippen molar-refractivity contribution in [3.63, 3.8) is 0 Å². The van der Waals surface area contributed by atoms with Gasteiger partial charge in [0.15, 0.2) is 0 Å². The zero-order valence-corrected chi connectivity index (χ0v) is 11.0. The van der Waals surface area contributed by atoms with Crippen molar-refractivity contribution in [3.05, 3.63) is 28.8 Å². The molecule has 2 nitrogen and oxygen atoms in total. The summed E-state index contributed by atoms with van der Waals surface area (Å²) in [6.45, 7) is 5.75. The summed E-state index contributed by atoms with van der Waals surface area (Å²) >= 11 is 0. The number of ether oxygens (including phenoxy) is 1. The van der Waals surface area contributed by atoms with E-state index < -0.39 is 0 Å². The van der Waals surface area contributed by atoms with Crippen LogP contribution < -0.4 is 10.1 Å². The van der Waals surface area contributed by atoms with Crippen molar-refractivity contribution in [2.24, 2.45) is 0 Å². The molecule has 0 saturated carbocycles. The van der Waals surface area contributed by atoms with Gasteiger partial charge < -0.3 is 10.1 Å². The number of hydrogen-bond donors (Lipinski definition) is 1. The summed E-state index contributed by atoms with van der Waals surface area (Å²) < 4.78 is 5.79. The molecule has 0 spiro atoms. The maximum absolute atomic E-state index is 5.79. The maximum atomic E-state index is 5.79. The third kappa shape index (κ3) is 4.13. The van der Waals surface area contributed by atoms with E-state index >= 15 is 0 Å². The number of benzene rings is 1. The van der Waals surface area contributed by atoms with Crippen molar-refractivity contribution in [2.75, 3.05) is 13.7 Å². The third-order valence-corrected chi connectivity index (χ3v) is 2.61. The minimum absolute atomic E-state index is 0.692. The van der Waals surface area contributed by atoms with Gasteiger partial charge in [-0.05, 0) is 44.0 Å². The minimum Gasteiger partial charge on any atom is -0.493 e. The Bertz CT molecular complexity index is 381. The number of unbranched alkanes of at least 4 members (excludes halogenated alkanes) is 1. The Labute approximate surface area is 104 Å². The lowest BCUT2D eigenvalue weighted by atomic mass is 10.1. The van der Waals surface area contributed by atoms with Crippen LogP contribution in [0.15, 0.2) is 12.1 Å². The van der Waals surface area contributed by atoms with E-state index in [0.29, 0.717) is 6.61 Å². The summed E-state index contributed by atoms with van der Waals surface area (Å²) in [7, 11) is 1.95. The van der Waals surface area contributed by atoms with Crippen LogP contribution in [0.25, 0.3) is 0 Å². The van der Waals surface area contributed by atoms with Crippen LogP contribution in [0.4, 0.5) is 0 Å². The van der Waals surface area contributed by atoms with Crippen molar-refractivity contribution in [1.82, 2.24) is 5.32 Å². The Morgan fingerprint density at radius 3 is 2.47 bits per heavy atom. The van der Waals surface area contributed by atoms with Gasteiger partial charge in [0.05, 0.1) is 6.61 Å². The topological polar surface area (TPSA) is 21.3 Å². The number of terminal acetylenes is 1. The molecule has 1 aromatic carbocycles. The fourth-order valence-electron chi connectivity index (χ4n) is 1.92. The Morgan fingerprint density at radius 2 is 1.94 bits per heavy atom. The van der Waals surface area contributed by atoms with Crippen LogP contribution in [0.3, 0.4) is 0 Å². The van der Waals surface area contributed by atoms with Crippen LogP contribution in [0.1, 0.15) is 29.5 Å². The quantitative estimate of drug-likeness (QED) is 0.600. The first-order chi connectivity index (χ1) is 8.19. The van der Waals surface area contributed by atoms with Crippen LogP contribution in [-0.4, -0.2) is 13.7 Å². The monoisotopic (exact) mass is 231 g/mol. The fraction of sp³-hybridized carbons (Fsp3) is 0.467. The first-order valence-electron chi connectivity index (χ1n) is 6.00. The van der Waals surface area contributed by atoms with Gasteiger partial charge in [-0.3, -0.25) is 0 Å². The Balaban J connectivity index is 2.69. The summed E-state index contributed by atoms with van der Waals surface area (Å²) in [5, 5.41) is 3.15. The largest absolute Gasteiger partial charge is 0.493 e. The van der Waals surface area contributed by atoms with Gasteiger partial charge in [0.2, 0.25) is 0 Å². The van der Waals surface area contributed by atoms with Crippen LogP contribution >= 0.6 is 0 Å². The lowest BCUT2D eigenvalue weighted by molar-refractivity contribution is 0.308. The molecule has 17 heavy (non-hydrogen) atoms. The summed E-state index contributed by atoms with van der Waals surface area (Å²) in [5.74, 6) is 3.62. The number of aryl methyl sites for hydroxylation is 2. The summed E-state index contributed by atoms with van der Waals surface area (Å²) in [6.07, 6.45) is 6.89. The highest BCUT2D eigenvalue weighted by molar-refractivity contribution is 5.43. The van der Waals surface area contributed by atoms with Crippen molar-refractivity contribution in [2.45, 2.75) is 33.2 Å². The molecular formula is C15H21NO. The van der Waals surface area contributed by atoms with E-state index in [0.717, 1.165) is 25.1 Å². The van der Waals surface area contributed by atoms with E-state index in [9.17, 15) is 0 Å². The molecule has 0 amide bonds. The molecular weight excluding hydrogens is 210 g/mol. The molecule has 2 heteroatoms. The van der Waals surface area contributed by atoms with E-state index in [2.05, 4.69) is 37.2 Å². The van der Waals surface area contributed by atoms with Gasteiger partial charge in [-0.15, -0.1) is 12.3 Å². The zero-order chi connectivity index (χ0) is 12.7. The molecule has 0 aromatic heterocycles. The average molecular weight is 231 g/mol. The Kier molecular flexibility index (Phi) is 5.59. The molecule has 92 valence electrons. The minimum atomic E-state index is 0.692. The van der Waals surface area contributed by atoms with Crippen LogP contribution in [0, 0.1) is 26.2 Å². The fourth-order valence-corrected chi connectivity index (χ4v) is 1.92. The van der Waals surface area contributed by atoms with Gasteiger partial charge >= 0.3 is 0 Å². The van der Waals surface area contributed by atoms with Gasteiger partial charge in [0.1, 0.15) is 5.75 Å².